The summed E-state index contributed by atoms with van der Waals surface area (Å²) < 4.78 is 2.46. The van der Waals surface area contributed by atoms with E-state index in [4.69, 9.17) is 0 Å². The Balaban J connectivity index is 1.62. The van der Waals surface area contributed by atoms with Crippen LogP contribution in [0.5, 0.6) is 0 Å². The first kappa shape index (κ1) is 28.2. The molecule has 4 aromatic carbocycles. The van der Waals surface area contributed by atoms with E-state index in [0.29, 0.717) is 10.8 Å². The van der Waals surface area contributed by atoms with E-state index in [9.17, 15) is 0 Å². The number of aromatic nitrogens is 1. The second-order valence-electron chi connectivity index (χ2n) is 13.5. The predicted octanol–water partition coefficient (Wildman–Crippen LogP) is 11.6. The average Bonchev–Trinajstić information content (AvgIpc) is 3.25. The monoisotopic (exact) mass is 529 g/mol. The van der Waals surface area contributed by atoms with Gasteiger partial charge in [0.2, 0.25) is 0 Å². The van der Waals surface area contributed by atoms with Crippen LogP contribution in [-0.2, 0) is 12.8 Å². The maximum Gasteiger partial charge on any atom is 0.0541 e. The third-order valence-electron chi connectivity index (χ3n) is 8.63. The van der Waals surface area contributed by atoms with E-state index in [1.807, 2.05) is 0 Å². The molecule has 0 atom stereocenters. The molecule has 0 N–H and O–H groups in total. The summed E-state index contributed by atoms with van der Waals surface area (Å²) in [7, 11) is 0. The highest BCUT2D eigenvalue weighted by Crippen LogP contribution is 2.37. The van der Waals surface area contributed by atoms with Crippen molar-refractivity contribution in [3.05, 3.63) is 102 Å². The fourth-order valence-electron chi connectivity index (χ4n) is 6.66. The minimum atomic E-state index is 0.308. The highest BCUT2D eigenvalue weighted by atomic mass is 15.0. The molecule has 0 aliphatic carbocycles. The summed E-state index contributed by atoms with van der Waals surface area (Å²) in [5.74, 6) is 0. The largest absolute Gasteiger partial charge is 0.309 e. The first-order chi connectivity index (χ1) is 19.2. The predicted molar refractivity (Wildman–Crippen MR) is 176 cm³/mol. The lowest BCUT2D eigenvalue weighted by Crippen LogP contribution is -2.14. The second kappa shape index (κ2) is 11.7. The van der Waals surface area contributed by atoms with Crippen molar-refractivity contribution < 1.29 is 0 Å². The van der Waals surface area contributed by atoms with Crippen LogP contribution < -0.4 is 0 Å². The molecule has 40 heavy (non-hydrogen) atoms. The van der Waals surface area contributed by atoms with Crippen LogP contribution in [0.15, 0.2) is 91.0 Å². The lowest BCUT2D eigenvalue weighted by molar-refractivity contribution is 0.321. The quantitative estimate of drug-likeness (QED) is 0.160. The Labute approximate surface area is 242 Å². The summed E-state index contributed by atoms with van der Waals surface area (Å²) in [4.78, 5) is 0. The van der Waals surface area contributed by atoms with Crippen molar-refractivity contribution in [2.45, 2.75) is 86.5 Å². The van der Waals surface area contributed by atoms with Gasteiger partial charge in [-0.3, -0.25) is 0 Å². The molecule has 1 heterocycles. The number of rotatable bonds is 11. The highest BCUT2D eigenvalue weighted by Gasteiger charge is 2.21. The van der Waals surface area contributed by atoms with Crippen molar-refractivity contribution in [2.75, 3.05) is 0 Å². The zero-order valence-corrected chi connectivity index (χ0v) is 25.6. The molecule has 1 heteroatoms. The lowest BCUT2D eigenvalue weighted by atomic mass is 9.81. The van der Waals surface area contributed by atoms with Crippen molar-refractivity contribution in [3.8, 4) is 16.8 Å². The molecule has 5 aromatic rings. The summed E-state index contributed by atoms with van der Waals surface area (Å²) in [5.41, 5.74) is 9.82. The van der Waals surface area contributed by atoms with Gasteiger partial charge >= 0.3 is 0 Å². The summed E-state index contributed by atoms with van der Waals surface area (Å²) in [6.45, 7) is 14.3. The molecule has 0 bridgehead atoms. The topological polar surface area (TPSA) is 4.93 Å². The molecule has 0 aliphatic rings. The minimum Gasteiger partial charge on any atom is -0.309 e. The number of nitrogens with zero attached hydrogens (tertiary/aromatic N) is 1. The molecule has 0 spiro atoms. The fraction of sp³-hybridized carbons (Fsp3) is 0.385. The van der Waals surface area contributed by atoms with Gasteiger partial charge in [0.05, 0.1) is 11.0 Å². The van der Waals surface area contributed by atoms with E-state index in [0.717, 1.165) is 12.8 Å². The molecule has 0 amide bonds. The van der Waals surface area contributed by atoms with Gasteiger partial charge in [0.25, 0.3) is 0 Å². The van der Waals surface area contributed by atoms with Crippen LogP contribution in [0.25, 0.3) is 38.6 Å². The second-order valence-corrected chi connectivity index (χ2v) is 13.5. The number of fused-ring (bicyclic) bond motifs is 3. The van der Waals surface area contributed by atoms with Crippen LogP contribution in [0, 0.1) is 10.8 Å². The summed E-state index contributed by atoms with van der Waals surface area (Å²) in [5, 5.41) is 2.75. The normalized spacial score (nSPS) is 12.4. The van der Waals surface area contributed by atoms with Crippen molar-refractivity contribution in [3.63, 3.8) is 0 Å². The highest BCUT2D eigenvalue weighted by molar-refractivity contribution is 6.09. The molecular formula is C39H47N. The number of benzene rings is 4. The Kier molecular flexibility index (Phi) is 8.22. The van der Waals surface area contributed by atoms with Crippen molar-refractivity contribution in [1.29, 1.82) is 0 Å². The van der Waals surface area contributed by atoms with Gasteiger partial charge < -0.3 is 4.57 Å². The van der Waals surface area contributed by atoms with E-state index in [1.54, 1.807) is 0 Å². The summed E-state index contributed by atoms with van der Waals surface area (Å²) >= 11 is 0. The van der Waals surface area contributed by atoms with Gasteiger partial charge in [-0.15, -0.1) is 0 Å². The zero-order valence-electron chi connectivity index (χ0n) is 25.6. The van der Waals surface area contributed by atoms with Gasteiger partial charge in [-0.05, 0) is 95.2 Å². The van der Waals surface area contributed by atoms with Crippen LogP contribution in [0.3, 0.4) is 0 Å². The van der Waals surface area contributed by atoms with Crippen LogP contribution >= 0.6 is 0 Å². The van der Waals surface area contributed by atoms with Gasteiger partial charge in [-0.1, -0.05) is 115 Å². The molecule has 208 valence electrons. The third kappa shape index (κ3) is 6.20. The van der Waals surface area contributed by atoms with Gasteiger partial charge in [0.1, 0.15) is 0 Å². The molecule has 0 aliphatic heterocycles. The molecule has 1 aromatic heterocycles. The van der Waals surface area contributed by atoms with Gasteiger partial charge in [0, 0.05) is 16.5 Å². The molecule has 0 radical (unpaired) electrons. The maximum atomic E-state index is 2.49. The molecule has 0 saturated heterocycles. The van der Waals surface area contributed by atoms with Crippen LogP contribution in [0.1, 0.15) is 84.8 Å². The average molecular weight is 530 g/mol. The van der Waals surface area contributed by atoms with Crippen LogP contribution in [0.4, 0.5) is 0 Å². The van der Waals surface area contributed by atoms with Gasteiger partial charge in [0.15, 0.2) is 0 Å². The van der Waals surface area contributed by atoms with E-state index in [-0.39, 0.29) is 0 Å². The van der Waals surface area contributed by atoms with Crippen molar-refractivity contribution >= 4 is 21.8 Å². The first-order valence-corrected chi connectivity index (χ1v) is 15.4. The van der Waals surface area contributed by atoms with Gasteiger partial charge in [-0.25, -0.2) is 0 Å². The maximum absolute atomic E-state index is 2.49. The lowest BCUT2D eigenvalue weighted by Gasteiger charge is -2.24. The summed E-state index contributed by atoms with van der Waals surface area (Å²) in [6, 6.07) is 34.2. The third-order valence-corrected chi connectivity index (χ3v) is 8.63. The molecule has 1 nitrogen and oxygen atoms in total. The van der Waals surface area contributed by atoms with E-state index < -0.39 is 0 Å². The Bertz CT molecular complexity index is 1560. The zero-order chi connectivity index (χ0) is 28.3. The minimum absolute atomic E-state index is 0.308. The Morgan fingerprint density at radius 3 is 1.60 bits per heavy atom. The van der Waals surface area contributed by atoms with E-state index in [2.05, 4.69) is 137 Å². The number of hydrogen-bond donors (Lipinski definition) is 0. The van der Waals surface area contributed by atoms with Crippen LogP contribution in [0.2, 0.25) is 0 Å². The smallest absolute Gasteiger partial charge is 0.0541 e. The van der Waals surface area contributed by atoms with Crippen molar-refractivity contribution in [1.82, 2.24) is 4.57 Å². The fourth-order valence-corrected chi connectivity index (χ4v) is 6.66. The molecule has 0 saturated carbocycles. The standard InChI is InChI=1S/C39H47N/c1-7-9-24-39(5,6)28-30-16-22-37-35(26-30)34-25-29(27-38(3,4)23-8-2)15-21-36(34)40(37)33-19-17-32(18-20-33)31-13-11-10-12-14-31/h10-22,25-26H,7-9,23-24,27-28H2,1-6H3. The van der Waals surface area contributed by atoms with E-state index >= 15 is 0 Å². The Morgan fingerprint density at radius 2 is 1.07 bits per heavy atom. The van der Waals surface area contributed by atoms with E-state index in [1.165, 1.54) is 81.9 Å². The Morgan fingerprint density at radius 1 is 0.550 bits per heavy atom. The molecule has 0 unspecified atom stereocenters. The summed E-state index contributed by atoms with van der Waals surface area (Å²) in [6.07, 6.45) is 8.53. The van der Waals surface area contributed by atoms with Gasteiger partial charge in [-0.2, -0.15) is 0 Å². The van der Waals surface area contributed by atoms with Crippen LogP contribution in [-0.4, -0.2) is 4.57 Å². The number of unbranched alkanes of at least 4 members (excludes halogenated alkanes) is 1. The SMILES string of the molecule is CCCCC(C)(C)Cc1ccc2c(c1)c1cc(CC(C)(C)CCC)ccc1n2-c1ccc(-c2ccccc2)cc1. The Hall–Kier alpha value is -3.32. The molecular weight excluding hydrogens is 482 g/mol. The molecule has 0 fully saturated rings. The van der Waals surface area contributed by atoms with Crippen molar-refractivity contribution in [2.24, 2.45) is 10.8 Å². The molecule has 5 rings (SSSR count). The number of hydrogen-bond acceptors (Lipinski definition) is 0. The first-order valence-electron chi connectivity index (χ1n) is 15.4.